The highest BCUT2D eigenvalue weighted by Gasteiger charge is 2.15. The van der Waals surface area contributed by atoms with Crippen LogP contribution in [-0.4, -0.2) is 43.1 Å². The fourth-order valence-electron chi connectivity index (χ4n) is 3.98. The molecule has 0 amide bonds. The number of fused-ring (bicyclic) bond motifs is 1. The zero-order valence-electron chi connectivity index (χ0n) is 16.9. The lowest BCUT2D eigenvalue weighted by molar-refractivity contribution is 0.313. The van der Waals surface area contributed by atoms with Gasteiger partial charge in [0.25, 0.3) is 0 Å². The molecular formula is C25H22N4O. The first kappa shape index (κ1) is 18.4. The van der Waals surface area contributed by atoms with Crippen LogP contribution in [0.15, 0.2) is 71.4 Å². The van der Waals surface area contributed by atoms with E-state index in [-0.39, 0.29) is 0 Å². The van der Waals surface area contributed by atoms with Crippen molar-refractivity contribution < 1.29 is 4.42 Å². The molecule has 0 atom stereocenters. The first-order chi connectivity index (χ1) is 14.7. The minimum absolute atomic E-state index is 0.508. The van der Waals surface area contributed by atoms with Gasteiger partial charge in [-0.05, 0) is 54.2 Å². The summed E-state index contributed by atoms with van der Waals surface area (Å²) in [6.45, 7) is 4.33. The molecule has 30 heavy (non-hydrogen) atoms. The number of likely N-dealkylation sites (N-methyl/N-ethyl adjacent to an activating group) is 1. The quantitative estimate of drug-likeness (QED) is 0.500. The molecule has 0 bridgehead atoms. The molecule has 3 heterocycles. The highest BCUT2D eigenvalue weighted by Crippen LogP contribution is 2.32. The van der Waals surface area contributed by atoms with Gasteiger partial charge in [-0.3, -0.25) is 4.98 Å². The van der Waals surface area contributed by atoms with Crippen LogP contribution in [0.4, 0.5) is 5.69 Å². The third kappa shape index (κ3) is 3.42. The molecule has 0 saturated carbocycles. The summed E-state index contributed by atoms with van der Waals surface area (Å²) in [5.41, 5.74) is 3.57. The van der Waals surface area contributed by atoms with Crippen molar-refractivity contribution in [1.82, 2.24) is 9.88 Å². The van der Waals surface area contributed by atoms with E-state index in [0.717, 1.165) is 43.1 Å². The van der Waals surface area contributed by atoms with Crippen LogP contribution in [0, 0.1) is 11.3 Å². The van der Waals surface area contributed by atoms with E-state index in [1.807, 2.05) is 12.1 Å². The van der Waals surface area contributed by atoms with Gasteiger partial charge in [0.2, 0.25) is 0 Å². The first-order valence-electron chi connectivity index (χ1n) is 10.1. The van der Waals surface area contributed by atoms with Gasteiger partial charge in [-0.2, -0.15) is 5.26 Å². The molecule has 2 aromatic heterocycles. The van der Waals surface area contributed by atoms with E-state index in [1.54, 1.807) is 18.5 Å². The first-order valence-corrected chi connectivity index (χ1v) is 10.1. The second kappa shape index (κ2) is 7.66. The van der Waals surface area contributed by atoms with Gasteiger partial charge < -0.3 is 14.2 Å². The topological polar surface area (TPSA) is 56.3 Å². The Kier molecular flexibility index (Phi) is 4.70. The second-order valence-electron chi connectivity index (χ2n) is 7.73. The van der Waals surface area contributed by atoms with Crippen LogP contribution in [-0.2, 0) is 0 Å². The lowest BCUT2D eigenvalue weighted by Crippen LogP contribution is -2.44. The molecule has 0 spiro atoms. The van der Waals surface area contributed by atoms with Gasteiger partial charge in [-0.1, -0.05) is 18.2 Å². The van der Waals surface area contributed by atoms with Gasteiger partial charge in [0.15, 0.2) is 0 Å². The fraction of sp³-hybridized carbons (Fsp3) is 0.200. The van der Waals surface area contributed by atoms with Crippen molar-refractivity contribution in [3.63, 3.8) is 0 Å². The third-order valence-electron chi connectivity index (χ3n) is 5.79. The largest absolute Gasteiger partial charge is 0.456 e. The number of piperazine rings is 1. The summed E-state index contributed by atoms with van der Waals surface area (Å²) in [7, 11) is 2.18. The van der Waals surface area contributed by atoms with E-state index >= 15 is 0 Å². The second-order valence-corrected chi connectivity index (χ2v) is 7.73. The zero-order valence-corrected chi connectivity index (χ0v) is 16.9. The molecule has 1 saturated heterocycles. The fourth-order valence-corrected chi connectivity index (χ4v) is 3.98. The SMILES string of the molecule is CN1CCN(c2ccc3cc(-c4ccc(-c5ccncc5C#N)o4)ccc3c2)CC1. The van der Waals surface area contributed by atoms with Gasteiger partial charge in [0.05, 0.1) is 5.56 Å². The molecule has 2 aromatic carbocycles. The Bertz CT molecular complexity index is 1250. The third-order valence-corrected chi connectivity index (χ3v) is 5.79. The molecule has 0 unspecified atom stereocenters. The average molecular weight is 394 g/mol. The standard InChI is InChI=1S/C25H22N4O/c1-28-10-12-29(13-11-28)22-5-4-18-14-20(3-2-19(18)15-22)24-6-7-25(30-24)23-8-9-27-17-21(23)16-26/h2-9,14-15,17H,10-13H2,1H3. The summed E-state index contributed by atoms with van der Waals surface area (Å²) in [6.07, 6.45) is 3.23. The van der Waals surface area contributed by atoms with Crippen LogP contribution in [0.25, 0.3) is 33.4 Å². The van der Waals surface area contributed by atoms with E-state index in [0.29, 0.717) is 11.3 Å². The van der Waals surface area contributed by atoms with Crippen molar-refractivity contribution in [3.05, 3.63) is 72.6 Å². The number of nitrogens with zero attached hydrogens (tertiary/aromatic N) is 4. The van der Waals surface area contributed by atoms with Gasteiger partial charge >= 0.3 is 0 Å². The van der Waals surface area contributed by atoms with Crippen LogP contribution < -0.4 is 4.90 Å². The van der Waals surface area contributed by atoms with Crippen molar-refractivity contribution in [1.29, 1.82) is 5.26 Å². The Balaban J connectivity index is 1.44. The highest BCUT2D eigenvalue weighted by molar-refractivity contribution is 5.89. The minimum Gasteiger partial charge on any atom is -0.456 e. The predicted octanol–water partition coefficient (Wildman–Crippen LogP) is 4.79. The van der Waals surface area contributed by atoms with E-state index in [4.69, 9.17) is 4.42 Å². The van der Waals surface area contributed by atoms with Gasteiger partial charge in [-0.25, -0.2) is 0 Å². The Hall–Kier alpha value is -3.62. The molecule has 0 aliphatic carbocycles. The van der Waals surface area contributed by atoms with E-state index in [9.17, 15) is 5.26 Å². The lowest BCUT2D eigenvalue weighted by atomic mass is 10.0. The number of rotatable bonds is 3. The Labute approximate surface area is 175 Å². The van der Waals surface area contributed by atoms with E-state index < -0.39 is 0 Å². The lowest BCUT2D eigenvalue weighted by Gasteiger charge is -2.34. The maximum atomic E-state index is 9.31. The van der Waals surface area contributed by atoms with Crippen molar-refractivity contribution in [2.75, 3.05) is 38.1 Å². The van der Waals surface area contributed by atoms with Gasteiger partial charge in [-0.15, -0.1) is 0 Å². The summed E-state index contributed by atoms with van der Waals surface area (Å²) < 4.78 is 6.08. The molecule has 5 rings (SSSR count). The number of benzene rings is 2. The number of furan rings is 1. The smallest absolute Gasteiger partial charge is 0.136 e. The molecule has 148 valence electrons. The predicted molar refractivity (Wildman–Crippen MR) is 119 cm³/mol. The van der Waals surface area contributed by atoms with Crippen LogP contribution in [0.2, 0.25) is 0 Å². The van der Waals surface area contributed by atoms with E-state index in [2.05, 4.69) is 64.3 Å². The molecule has 5 heteroatoms. The molecule has 0 N–H and O–H groups in total. The highest BCUT2D eigenvalue weighted by atomic mass is 16.3. The monoisotopic (exact) mass is 394 g/mol. The summed E-state index contributed by atoms with van der Waals surface area (Å²) >= 11 is 0. The molecule has 1 fully saturated rings. The summed E-state index contributed by atoms with van der Waals surface area (Å²) in [4.78, 5) is 8.84. The summed E-state index contributed by atoms with van der Waals surface area (Å²) in [5, 5.41) is 11.7. The Morgan fingerprint density at radius 1 is 0.900 bits per heavy atom. The molecule has 0 radical (unpaired) electrons. The zero-order chi connectivity index (χ0) is 20.5. The van der Waals surface area contributed by atoms with E-state index in [1.165, 1.54) is 16.5 Å². The maximum absolute atomic E-state index is 9.31. The molecule has 5 nitrogen and oxygen atoms in total. The molecular weight excluding hydrogens is 372 g/mol. The summed E-state index contributed by atoms with van der Waals surface area (Å²) in [6, 6.07) is 20.9. The van der Waals surface area contributed by atoms with Crippen LogP contribution in [0.1, 0.15) is 5.56 Å². The maximum Gasteiger partial charge on any atom is 0.136 e. The Morgan fingerprint density at radius 3 is 2.50 bits per heavy atom. The number of hydrogen-bond acceptors (Lipinski definition) is 5. The minimum atomic E-state index is 0.508. The summed E-state index contributed by atoms with van der Waals surface area (Å²) in [5.74, 6) is 1.46. The number of anilines is 1. The van der Waals surface area contributed by atoms with Crippen molar-refractivity contribution in [3.8, 4) is 28.7 Å². The van der Waals surface area contributed by atoms with Gasteiger partial charge in [0, 0.05) is 55.4 Å². The molecule has 1 aliphatic rings. The van der Waals surface area contributed by atoms with Crippen molar-refractivity contribution in [2.24, 2.45) is 0 Å². The molecule has 4 aromatic rings. The van der Waals surface area contributed by atoms with Crippen LogP contribution in [0.5, 0.6) is 0 Å². The van der Waals surface area contributed by atoms with Crippen LogP contribution in [0.3, 0.4) is 0 Å². The van der Waals surface area contributed by atoms with Crippen molar-refractivity contribution >= 4 is 16.5 Å². The average Bonchev–Trinajstić information content (AvgIpc) is 3.29. The normalized spacial score (nSPS) is 14.7. The van der Waals surface area contributed by atoms with Gasteiger partial charge in [0.1, 0.15) is 17.6 Å². The number of nitriles is 1. The number of pyridine rings is 1. The number of hydrogen-bond donors (Lipinski definition) is 0. The van der Waals surface area contributed by atoms with Crippen LogP contribution >= 0.6 is 0 Å². The Morgan fingerprint density at radius 2 is 1.67 bits per heavy atom. The number of aromatic nitrogens is 1. The molecule has 1 aliphatic heterocycles. The van der Waals surface area contributed by atoms with Crippen molar-refractivity contribution in [2.45, 2.75) is 0 Å².